The maximum absolute atomic E-state index is 6.14. The van der Waals surface area contributed by atoms with Crippen LogP contribution in [0.2, 0.25) is 5.02 Å². The molecule has 0 bridgehead atoms. The van der Waals surface area contributed by atoms with Crippen LogP contribution in [0.1, 0.15) is 21.5 Å². The summed E-state index contributed by atoms with van der Waals surface area (Å²) in [6.45, 7) is 0.759. The Bertz CT molecular complexity index is 669. The van der Waals surface area contributed by atoms with Crippen LogP contribution in [-0.2, 0) is 0 Å². The molecular formula is C15H10BrClIN. The molecule has 2 aromatic carbocycles. The number of benzene rings is 2. The van der Waals surface area contributed by atoms with Gasteiger partial charge in [0.05, 0.1) is 17.1 Å². The van der Waals surface area contributed by atoms with E-state index >= 15 is 0 Å². The van der Waals surface area contributed by atoms with E-state index in [0.29, 0.717) is 0 Å². The van der Waals surface area contributed by atoms with Gasteiger partial charge >= 0.3 is 0 Å². The highest BCUT2D eigenvalue weighted by Crippen LogP contribution is 2.34. The Morgan fingerprint density at radius 3 is 2.84 bits per heavy atom. The normalized spacial score (nSPS) is 17.8. The molecule has 4 heteroatoms. The second kappa shape index (κ2) is 5.54. The van der Waals surface area contributed by atoms with Crippen LogP contribution in [0.15, 0.2) is 47.5 Å². The minimum Gasteiger partial charge on any atom is -0.283 e. The second-order valence-corrected chi connectivity index (χ2v) is 7.19. The molecule has 0 saturated carbocycles. The molecule has 0 saturated heterocycles. The van der Waals surface area contributed by atoms with E-state index in [-0.39, 0.29) is 4.83 Å². The van der Waals surface area contributed by atoms with Crippen LogP contribution in [0.5, 0.6) is 0 Å². The van der Waals surface area contributed by atoms with Crippen LogP contribution in [0.4, 0.5) is 0 Å². The van der Waals surface area contributed by atoms with Gasteiger partial charge in [-0.1, -0.05) is 45.7 Å². The van der Waals surface area contributed by atoms with Crippen molar-refractivity contribution in [3.8, 4) is 0 Å². The van der Waals surface area contributed by atoms with Gasteiger partial charge in [0.1, 0.15) is 0 Å². The molecule has 0 fully saturated rings. The van der Waals surface area contributed by atoms with Crippen LogP contribution in [0, 0.1) is 3.57 Å². The molecule has 0 N–H and O–H groups in total. The van der Waals surface area contributed by atoms with E-state index in [1.165, 1.54) is 9.13 Å². The zero-order valence-electron chi connectivity index (χ0n) is 9.91. The molecule has 0 spiro atoms. The van der Waals surface area contributed by atoms with Gasteiger partial charge in [-0.25, -0.2) is 0 Å². The predicted molar refractivity (Wildman–Crippen MR) is 92.8 cm³/mol. The number of hydrogen-bond acceptors (Lipinski definition) is 1. The predicted octanol–water partition coefficient (Wildman–Crippen LogP) is 5.23. The third-order valence-corrected chi connectivity index (χ3v) is 4.80. The molecule has 1 atom stereocenters. The summed E-state index contributed by atoms with van der Waals surface area (Å²) in [6, 6.07) is 14.4. The van der Waals surface area contributed by atoms with E-state index in [1.54, 1.807) is 0 Å². The highest BCUT2D eigenvalue weighted by atomic mass is 127. The van der Waals surface area contributed by atoms with Gasteiger partial charge in [0, 0.05) is 19.7 Å². The van der Waals surface area contributed by atoms with Crippen molar-refractivity contribution in [2.24, 2.45) is 4.99 Å². The lowest BCUT2D eigenvalue weighted by atomic mass is 9.93. The molecule has 0 amide bonds. The van der Waals surface area contributed by atoms with E-state index < -0.39 is 0 Å². The van der Waals surface area contributed by atoms with Crippen molar-refractivity contribution in [1.82, 2.24) is 0 Å². The Labute approximate surface area is 139 Å². The van der Waals surface area contributed by atoms with Gasteiger partial charge in [0.25, 0.3) is 0 Å². The fourth-order valence-corrected chi connectivity index (χ4v) is 3.50. The second-order valence-electron chi connectivity index (χ2n) is 4.40. The van der Waals surface area contributed by atoms with Crippen molar-refractivity contribution >= 4 is 55.8 Å². The van der Waals surface area contributed by atoms with E-state index in [2.05, 4.69) is 68.9 Å². The summed E-state index contributed by atoms with van der Waals surface area (Å²) in [6.07, 6.45) is 0. The molecule has 1 aliphatic heterocycles. The Morgan fingerprint density at radius 1 is 1.21 bits per heavy atom. The van der Waals surface area contributed by atoms with Crippen molar-refractivity contribution in [2.75, 3.05) is 6.54 Å². The van der Waals surface area contributed by atoms with Gasteiger partial charge in [0.15, 0.2) is 0 Å². The summed E-state index contributed by atoms with van der Waals surface area (Å²) >= 11 is 12.1. The van der Waals surface area contributed by atoms with Gasteiger partial charge in [-0.15, -0.1) is 0 Å². The first-order valence-electron chi connectivity index (χ1n) is 5.89. The smallest absolute Gasteiger partial charge is 0.0723 e. The SMILES string of the molecule is Clc1ccc2c(c1)C(c1cccc(I)c1)=NCC2Br. The number of aliphatic imine (C=N–C) groups is 1. The standard InChI is InChI=1S/C15H10BrClIN/c16-14-8-19-15(9-2-1-3-11(18)6-9)13-7-10(17)4-5-12(13)14/h1-7,14H,8H2. The number of halogens is 3. The summed E-state index contributed by atoms with van der Waals surface area (Å²) in [4.78, 5) is 4.98. The molecule has 1 heterocycles. The summed E-state index contributed by atoms with van der Waals surface area (Å²) in [7, 11) is 0. The van der Waals surface area contributed by atoms with E-state index in [9.17, 15) is 0 Å². The third kappa shape index (κ3) is 2.73. The summed E-state index contributed by atoms with van der Waals surface area (Å²) in [5.74, 6) is 0. The maximum Gasteiger partial charge on any atom is 0.0723 e. The van der Waals surface area contributed by atoms with Crippen LogP contribution in [-0.4, -0.2) is 12.3 Å². The Morgan fingerprint density at radius 2 is 2.05 bits per heavy atom. The third-order valence-electron chi connectivity index (χ3n) is 3.12. The zero-order chi connectivity index (χ0) is 13.4. The molecule has 0 radical (unpaired) electrons. The molecule has 1 nitrogen and oxygen atoms in total. The Kier molecular flexibility index (Phi) is 3.96. The van der Waals surface area contributed by atoms with Gasteiger partial charge < -0.3 is 0 Å². The van der Waals surface area contributed by atoms with Crippen LogP contribution >= 0.6 is 50.1 Å². The van der Waals surface area contributed by atoms with Gasteiger partial charge in [-0.3, -0.25) is 4.99 Å². The van der Waals surface area contributed by atoms with Crippen molar-refractivity contribution in [3.05, 3.63) is 67.7 Å². The van der Waals surface area contributed by atoms with Crippen LogP contribution in [0.3, 0.4) is 0 Å². The fourth-order valence-electron chi connectivity index (χ4n) is 2.24. The average Bonchev–Trinajstić information content (AvgIpc) is 2.39. The van der Waals surface area contributed by atoms with Crippen molar-refractivity contribution in [3.63, 3.8) is 0 Å². The van der Waals surface area contributed by atoms with Gasteiger partial charge in [0.2, 0.25) is 0 Å². The summed E-state index contributed by atoms with van der Waals surface area (Å²) in [5, 5.41) is 0.749. The Balaban J connectivity index is 2.16. The first-order chi connectivity index (χ1) is 9.15. The molecule has 1 aliphatic rings. The van der Waals surface area contributed by atoms with Crippen molar-refractivity contribution in [2.45, 2.75) is 4.83 Å². The molecule has 0 aromatic heterocycles. The lowest BCUT2D eigenvalue weighted by Gasteiger charge is -2.21. The quantitative estimate of drug-likeness (QED) is 0.420. The zero-order valence-corrected chi connectivity index (χ0v) is 14.4. The maximum atomic E-state index is 6.14. The summed E-state index contributed by atoms with van der Waals surface area (Å²) < 4.78 is 1.21. The number of nitrogens with zero attached hydrogens (tertiary/aromatic N) is 1. The Hall–Kier alpha value is -0.390. The van der Waals surface area contributed by atoms with Crippen molar-refractivity contribution in [1.29, 1.82) is 0 Å². The fraction of sp³-hybridized carbons (Fsp3) is 0.133. The number of fused-ring (bicyclic) bond motifs is 1. The lowest BCUT2D eigenvalue weighted by molar-refractivity contribution is 0.934. The van der Waals surface area contributed by atoms with Gasteiger partial charge in [-0.2, -0.15) is 0 Å². The molecule has 96 valence electrons. The van der Waals surface area contributed by atoms with E-state index in [1.807, 2.05) is 12.1 Å². The monoisotopic (exact) mass is 445 g/mol. The van der Waals surface area contributed by atoms with Crippen molar-refractivity contribution < 1.29 is 0 Å². The molecule has 3 rings (SSSR count). The van der Waals surface area contributed by atoms with Crippen LogP contribution in [0.25, 0.3) is 0 Å². The molecule has 0 aliphatic carbocycles. The first-order valence-corrected chi connectivity index (χ1v) is 8.26. The first kappa shape index (κ1) is 13.6. The lowest BCUT2D eigenvalue weighted by Crippen LogP contribution is -2.15. The van der Waals surface area contributed by atoms with Gasteiger partial charge in [-0.05, 0) is 52.4 Å². The number of hydrogen-bond donors (Lipinski definition) is 0. The summed E-state index contributed by atoms with van der Waals surface area (Å²) in [5.41, 5.74) is 4.57. The largest absolute Gasteiger partial charge is 0.283 e. The minimum atomic E-state index is 0.270. The number of rotatable bonds is 1. The average molecular weight is 447 g/mol. The molecule has 2 aromatic rings. The topological polar surface area (TPSA) is 12.4 Å². The highest BCUT2D eigenvalue weighted by molar-refractivity contribution is 14.1. The van der Waals surface area contributed by atoms with E-state index in [4.69, 9.17) is 16.6 Å². The van der Waals surface area contributed by atoms with E-state index in [0.717, 1.165) is 28.4 Å². The molecule has 1 unspecified atom stereocenters. The van der Waals surface area contributed by atoms with Crippen LogP contribution < -0.4 is 0 Å². The minimum absolute atomic E-state index is 0.270. The number of alkyl halides is 1. The highest BCUT2D eigenvalue weighted by Gasteiger charge is 2.22. The molecular weight excluding hydrogens is 436 g/mol. The molecule has 19 heavy (non-hydrogen) atoms.